The standard InChI is InChI=1S/C52H52N8O7S/c1-2-60-50(62)43-29-36-7-3-4-8-37(36)30-45(43)56-52(60)68-48(51(63)59-20-18-39(61)33-59)35-10-13-40(14-11-35)64-27-25-57-21-23-58(24-22-57)26-28-65-42-15-12-38(54-32-42)34-66-41-16-17-47-46(31-41)55-49(67-47)44-9-5-6-19-53-44/h3-17,19,29-32,39,48,61H,2,18,20-28,33-34H2,1H3/t39-,48?/m0/s1. The Kier molecular flexibility index (Phi) is 13.6. The van der Waals surface area contributed by atoms with Crippen molar-refractivity contribution in [1.29, 1.82) is 0 Å². The van der Waals surface area contributed by atoms with Crippen LogP contribution in [0.3, 0.4) is 0 Å². The summed E-state index contributed by atoms with van der Waals surface area (Å²) in [6, 6.07) is 34.4. The van der Waals surface area contributed by atoms with Crippen molar-refractivity contribution in [3.8, 4) is 28.8 Å². The summed E-state index contributed by atoms with van der Waals surface area (Å²) in [4.78, 5) is 52.9. The molecule has 0 radical (unpaired) electrons. The second-order valence-corrected chi connectivity index (χ2v) is 18.0. The number of thioether (sulfide) groups is 1. The molecule has 348 valence electrons. The monoisotopic (exact) mass is 932 g/mol. The number of hydrogen-bond donors (Lipinski definition) is 1. The van der Waals surface area contributed by atoms with Crippen molar-refractivity contribution in [2.45, 2.75) is 43.0 Å². The van der Waals surface area contributed by atoms with Gasteiger partial charge in [-0.25, -0.2) is 9.97 Å². The van der Waals surface area contributed by atoms with E-state index in [4.69, 9.17) is 23.6 Å². The fourth-order valence-corrected chi connectivity index (χ4v) is 9.87. The first-order valence-corrected chi connectivity index (χ1v) is 24.0. The van der Waals surface area contributed by atoms with E-state index in [1.54, 1.807) is 21.9 Å². The molecule has 1 amide bonds. The zero-order valence-electron chi connectivity index (χ0n) is 37.8. The maximum Gasteiger partial charge on any atom is 0.262 e. The third-order valence-electron chi connectivity index (χ3n) is 12.5. The number of aliphatic hydroxyl groups is 1. The first kappa shape index (κ1) is 45.0. The van der Waals surface area contributed by atoms with Crippen molar-refractivity contribution in [2.75, 3.05) is 65.6 Å². The zero-order chi connectivity index (χ0) is 46.4. The molecule has 2 aliphatic rings. The Bertz CT molecular complexity index is 3070. The summed E-state index contributed by atoms with van der Waals surface area (Å²) in [5.41, 5.74) is 4.06. The van der Waals surface area contributed by atoms with Crippen LogP contribution in [-0.2, 0) is 17.9 Å². The number of fused-ring (bicyclic) bond motifs is 3. The third kappa shape index (κ3) is 10.3. The Hall–Kier alpha value is -6.85. The number of oxazole rings is 1. The third-order valence-corrected chi connectivity index (χ3v) is 13.7. The quantitative estimate of drug-likeness (QED) is 0.0552. The van der Waals surface area contributed by atoms with Crippen molar-refractivity contribution in [3.05, 3.63) is 143 Å². The van der Waals surface area contributed by atoms with Crippen LogP contribution in [0.1, 0.15) is 29.9 Å². The SMILES string of the molecule is CCn1c(SC(C(=O)N2CC[C@H](O)C2)c2ccc(OCCN3CCN(CCOc4ccc(COc5ccc6oc(-c7ccccn7)nc6c5)nc4)CC3)cc2)nc2cc3ccccc3cc2c1=O. The molecular formula is C52H52N8O7S. The smallest absolute Gasteiger partial charge is 0.262 e. The van der Waals surface area contributed by atoms with Gasteiger partial charge < -0.3 is 28.6 Å². The molecule has 1 N–H and O–H groups in total. The number of rotatable bonds is 17. The highest BCUT2D eigenvalue weighted by molar-refractivity contribution is 8.00. The van der Waals surface area contributed by atoms with Crippen LogP contribution in [0.15, 0.2) is 136 Å². The number of carbonyl (C=O) groups is 1. The molecule has 0 spiro atoms. The summed E-state index contributed by atoms with van der Waals surface area (Å²) in [6.45, 7) is 9.83. The lowest BCUT2D eigenvalue weighted by atomic mass is 10.1. The first-order chi connectivity index (χ1) is 33.3. The number of nitrogens with zero attached hydrogens (tertiary/aromatic N) is 8. The molecule has 68 heavy (non-hydrogen) atoms. The minimum atomic E-state index is -0.677. The van der Waals surface area contributed by atoms with E-state index in [1.165, 1.54) is 11.8 Å². The van der Waals surface area contributed by atoms with Crippen molar-refractivity contribution < 1.29 is 28.5 Å². The average Bonchev–Trinajstić information content (AvgIpc) is 4.02. The molecule has 0 aliphatic carbocycles. The summed E-state index contributed by atoms with van der Waals surface area (Å²) in [6.07, 6.45) is 3.43. The minimum absolute atomic E-state index is 0.120. The maximum atomic E-state index is 14.1. The van der Waals surface area contributed by atoms with E-state index in [1.807, 2.05) is 116 Å². The van der Waals surface area contributed by atoms with Crippen molar-refractivity contribution >= 4 is 50.4 Å². The summed E-state index contributed by atoms with van der Waals surface area (Å²) < 4.78 is 25.7. The second kappa shape index (κ2) is 20.6. The van der Waals surface area contributed by atoms with Gasteiger partial charge in [0.15, 0.2) is 10.7 Å². The first-order valence-electron chi connectivity index (χ1n) is 23.1. The summed E-state index contributed by atoms with van der Waals surface area (Å²) in [5.74, 6) is 2.46. The maximum absolute atomic E-state index is 14.1. The number of pyridine rings is 2. The molecule has 1 unspecified atom stereocenters. The number of aromatic nitrogens is 5. The Morgan fingerprint density at radius 1 is 0.779 bits per heavy atom. The van der Waals surface area contributed by atoms with Gasteiger partial charge in [0.2, 0.25) is 11.8 Å². The molecule has 2 aliphatic heterocycles. The topological polar surface area (TPSA) is 161 Å². The largest absolute Gasteiger partial charge is 0.492 e. The number of β-amino-alcohol motifs (C(OH)–C–C–N with tert-alkyl or cyclic N) is 1. The predicted octanol–water partition coefficient (Wildman–Crippen LogP) is 7.25. The van der Waals surface area contributed by atoms with E-state index in [0.717, 1.165) is 61.3 Å². The lowest BCUT2D eigenvalue weighted by Crippen LogP contribution is -2.48. The van der Waals surface area contributed by atoms with Crippen molar-refractivity contribution in [1.82, 2.24) is 39.2 Å². The molecule has 0 saturated carbocycles. The van der Waals surface area contributed by atoms with Gasteiger partial charge in [0.1, 0.15) is 53.5 Å². The molecule has 2 fully saturated rings. The molecular weight excluding hydrogens is 881 g/mol. The van der Waals surface area contributed by atoms with E-state index in [2.05, 4.69) is 24.8 Å². The molecule has 10 rings (SSSR count). The van der Waals surface area contributed by atoms with Crippen LogP contribution in [0.2, 0.25) is 0 Å². The van der Waals surface area contributed by atoms with Gasteiger partial charge >= 0.3 is 0 Å². The molecule has 2 saturated heterocycles. The van der Waals surface area contributed by atoms with Crippen LogP contribution < -0.4 is 19.8 Å². The average molecular weight is 933 g/mol. The predicted molar refractivity (Wildman–Crippen MR) is 261 cm³/mol. The van der Waals surface area contributed by atoms with Crippen molar-refractivity contribution in [3.63, 3.8) is 0 Å². The normalized spacial score (nSPS) is 16.1. The van der Waals surface area contributed by atoms with Gasteiger partial charge in [-0.3, -0.25) is 33.9 Å². The summed E-state index contributed by atoms with van der Waals surface area (Å²) in [5, 5.41) is 12.6. The fourth-order valence-electron chi connectivity index (χ4n) is 8.63. The molecule has 4 aromatic carbocycles. The fraction of sp³-hybridized carbons (Fsp3) is 0.308. The van der Waals surface area contributed by atoms with Crippen LogP contribution in [-0.4, -0.2) is 122 Å². The Morgan fingerprint density at radius 2 is 1.50 bits per heavy atom. The Balaban J connectivity index is 0.677. The van der Waals surface area contributed by atoms with Crippen LogP contribution >= 0.6 is 11.8 Å². The highest BCUT2D eigenvalue weighted by Crippen LogP contribution is 2.38. The molecule has 4 aromatic heterocycles. The van der Waals surface area contributed by atoms with Gasteiger partial charge in [-0.1, -0.05) is 54.2 Å². The van der Waals surface area contributed by atoms with Crippen LogP contribution in [0.4, 0.5) is 0 Å². The minimum Gasteiger partial charge on any atom is -0.492 e. The number of aliphatic hydroxyl groups excluding tert-OH is 1. The van der Waals surface area contributed by atoms with Crippen LogP contribution in [0.5, 0.6) is 17.2 Å². The van der Waals surface area contributed by atoms with Gasteiger partial charge in [0, 0.05) is 71.2 Å². The van der Waals surface area contributed by atoms with Crippen LogP contribution in [0, 0.1) is 0 Å². The number of carbonyl (C=O) groups excluding carboxylic acids is 1. The van der Waals surface area contributed by atoms with E-state index >= 15 is 0 Å². The van der Waals surface area contributed by atoms with Crippen molar-refractivity contribution in [2.24, 2.45) is 0 Å². The lowest BCUT2D eigenvalue weighted by molar-refractivity contribution is -0.130. The van der Waals surface area contributed by atoms with Gasteiger partial charge in [-0.05, 0) is 90.3 Å². The van der Waals surface area contributed by atoms with E-state index < -0.39 is 11.4 Å². The van der Waals surface area contributed by atoms with Gasteiger partial charge in [0.05, 0.1) is 28.9 Å². The molecule has 16 heteroatoms. The van der Waals surface area contributed by atoms with E-state index in [-0.39, 0.29) is 18.0 Å². The number of piperazine rings is 1. The molecule has 8 aromatic rings. The molecule has 2 atom stereocenters. The summed E-state index contributed by atoms with van der Waals surface area (Å²) in [7, 11) is 0. The second-order valence-electron chi connectivity index (χ2n) is 17.0. The van der Waals surface area contributed by atoms with E-state index in [0.29, 0.717) is 95.3 Å². The van der Waals surface area contributed by atoms with Gasteiger partial charge in [0.25, 0.3) is 5.56 Å². The number of hydrogen-bond acceptors (Lipinski definition) is 14. The van der Waals surface area contributed by atoms with E-state index in [9.17, 15) is 14.7 Å². The lowest BCUT2D eigenvalue weighted by Gasteiger charge is -2.34. The summed E-state index contributed by atoms with van der Waals surface area (Å²) >= 11 is 1.28. The Morgan fingerprint density at radius 3 is 2.19 bits per heavy atom. The highest BCUT2D eigenvalue weighted by Gasteiger charge is 2.33. The molecule has 15 nitrogen and oxygen atoms in total. The number of amides is 1. The number of benzene rings is 4. The zero-order valence-corrected chi connectivity index (χ0v) is 38.6. The van der Waals surface area contributed by atoms with Crippen LogP contribution in [0.25, 0.3) is 44.4 Å². The highest BCUT2D eigenvalue weighted by atomic mass is 32.2. The number of ether oxygens (including phenoxy) is 3. The molecule has 0 bridgehead atoms. The number of likely N-dealkylation sites (tertiary alicyclic amines) is 1. The van der Waals surface area contributed by atoms with Gasteiger partial charge in [-0.2, -0.15) is 0 Å². The Labute approximate surface area is 397 Å². The molecule has 6 heterocycles. The van der Waals surface area contributed by atoms with Gasteiger partial charge in [-0.15, -0.1) is 0 Å².